The first kappa shape index (κ1) is 13.8. The average molecular weight is 254 g/mol. The minimum Gasteiger partial charge on any atom is -0.375 e. The van der Waals surface area contributed by atoms with Crippen LogP contribution in [-0.4, -0.2) is 60.6 Å². The summed E-state index contributed by atoms with van der Waals surface area (Å²) in [5, 5.41) is 0. The van der Waals surface area contributed by atoms with Crippen molar-refractivity contribution in [3.63, 3.8) is 0 Å². The Labute approximate surface area is 110 Å². The first-order valence-corrected chi connectivity index (χ1v) is 7.21. The van der Waals surface area contributed by atoms with Gasteiger partial charge in [-0.25, -0.2) is 0 Å². The van der Waals surface area contributed by atoms with Gasteiger partial charge in [-0.3, -0.25) is 9.69 Å². The standard InChI is InChI=1S/C14H26N2O2/c1-11(2)15(3)14(17)10-16-8-9-18-13-7-5-4-6-12(13)16/h11-13H,4-10H2,1-3H3/t12-,13-/m1/s1. The Morgan fingerprint density at radius 2 is 2.11 bits per heavy atom. The molecule has 18 heavy (non-hydrogen) atoms. The van der Waals surface area contributed by atoms with E-state index in [4.69, 9.17) is 4.74 Å². The summed E-state index contributed by atoms with van der Waals surface area (Å²) in [6, 6.07) is 0.748. The molecule has 0 spiro atoms. The smallest absolute Gasteiger partial charge is 0.236 e. The Balaban J connectivity index is 1.93. The fourth-order valence-electron chi connectivity index (χ4n) is 2.95. The number of hydrogen-bond donors (Lipinski definition) is 0. The molecule has 1 heterocycles. The normalized spacial score (nSPS) is 29.1. The van der Waals surface area contributed by atoms with Crippen molar-refractivity contribution < 1.29 is 9.53 Å². The van der Waals surface area contributed by atoms with Crippen LogP contribution in [0.25, 0.3) is 0 Å². The van der Waals surface area contributed by atoms with Crippen molar-refractivity contribution in [1.29, 1.82) is 0 Å². The number of carbonyl (C=O) groups is 1. The van der Waals surface area contributed by atoms with E-state index in [9.17, 15) is 4.79 Å². The molecule has 2 fully saturated rings. The monoisotopic (exact) mass is 254 g/mol. The first-order valence-electron chi connectivity index (χ1n) is 7.21. The van der Waals surface area contributed by atoms with Gasteiger partial charge in [-0.15, -0.1) is 0 Å². The quantitative estimate of drug-likeness (QED) is 0.765. The molecule has 4 heteroatoms. The fraction of sp³-hybridized carbons (Fsp3) is 0.929. The Kier molecular flexibility index (Phi) is 4.62. The zero-order valence-electron chi connectivity index (χ0n) is 11.9. The van der Waals surface area contributed by atoms with Crippen LogP contribution in [0.3, 0.4) is 0 Å². The van der Waals surface area contributed by atoms with E-state index in [1.165, 1.54) is 19.3 Å². The Hall–Kier alpha value is -0.610. The molecule has 2 atom stereocenters. The molecule has 0 aromatic heterocycles. The van der Waals surface area contributed by atoms with Crippen LogP contribution < -0.4 is 0 Å². The molecule has 2 aliphatic rings. The number of ether oxygens (including phenoxy) is 1. The molecule has 0 radical (unpaired) electrons. The van der Waals surface area contributed by atoms with Gasteiger partial charge in [0, 0.05) is 25.7 Å². The van der Waals surface area contributed by atoms with Gasteiger partial charge in [0.05, 0.1) is 19.3 Å². The molecule has 4 nitrogen and oxygen atoms in total. The maximum absolute atomic E-state index is 12.2. The summed E-state index contributed by atoms with van der Waals surface area (Å²) in [5.74, 6) is 0.233. The maximum Gasteiger partial charge on any atom is 0.236 e. The zero-order valence-corrected chi connectivity index (χ0v) is 11.9. The molecule has 104 valence electrons. The Morgan fingerprint density at radius 1 is 1.39 bits per heavy atom. The lowest BCUT2D eigenvalue weighted by Crippen LogP contribution is -2.55. The molecule has 0 N–H and O–H groups in total. The van der Waals surface area contributed by atoms with Gasteiger partial charge in [0.1, 0.15) is 0 Å². The number of fused-ring (bicyclic) bond motifs is 1. The highest BCUT2D eigenvalue weighted by Gasteiger charge is 2.35. The zero-order chi connectivity index (χ0) is 13.1. The number of likely N-dealkylation sites (N-methyl/N-ethyl adjacent to an activating group) is 1. The third kappa shape index (κ3) is 3.04. The van der Waals surface area contributed by atoms with Crippen LogP contribution in [0.1, 0.15) is 39.5 Å². The van der Waals surface area contributed by atoms with E-state index in [1.54, 1.807) is 0 Å². The van der Waals surface area contributed by atoms with Gasteiger partial charge in [-0.05, 0) is 26.7 Å². The lowest BCUT2D eigenvalue weighted by Gasteiger charge is -2.44. The molecule has 2 rings (SSSR count). The number of nitrogens with zero attached hydrogens (tertiary/aromatic N) is 2. The highest BCUT2D eigenvalue weighted by molar-refractivity contribution is 5.78. The fourth-order valence-corrected chi connectivity index (χ4v) is 2.95. The van der Waals surface area contributed by atoms with Gasteiger partial charge in [-0.2, -0.15) is 0 Å². The SMILES string of the molecule is CC(C)N(C)C(=O)CN1CCO[C@@H]2CCCC[C@H]21. The predicted octanol–water partition coefficient (Wildman–Crippen LogP) is 1.50. The van der Waals surface area contributed by atoms with E-state index in [0.717, 1.165) is 19.6 Å². The van der Waals surface area contributed by atoms with Crippen molar-refractivity contribution >= 4 is 5.91 Å². The van der Waals surface area contributed by atoms with Crippen molar-refractivity contribution in [2.24, 2.45) is 0 Å². The minimum absolute atomic E-state index is 0.233. The summed E-state index contributed by atoms with van der Waals surface area (Å²) in [5.41, 5.74) is 0. The van der Waals surface area contributed by atoms with E-state index < -0.39 is 0 Å². The van der Waals surface area contributed by atoms with Gasteiger partial charge < -0.3 is 9.64 Å². The van der Waals surface area contributed by atoms with Crippen LogP contribution in [0, 0.1) is 0 Å². The minimum atomic E-state index is 0.233. The van der Waals surface area contributed by atoms with E-state index in [1.807, 2.05) is 11.9 Å². The van der Waals surface area contributed by atoms with Crippen LogP contribution in [0.2, 0.25) is 0 Å². The summed E-state index contributed by atoms with van der Waals surface area (Å²) < 4.78 is 5.84. The topological polar surface area (TPSA) is 32.8 Å². The van der Waals surface area contributed by atoms with Gasteiger partial charge in [0.25, 0.3) is 0 Å². The van der Waals surface area contributed by atoms with Gasteiger partial charge in [0.2, 0.25) is 5.91 Å². The van der Waals surface area contributed by atoms with Crippen molar-refractivity contribution in [2.45, 2.75) is 57.7 Å². The number of morpholine rings is 1. The molecule has 0 unspecified atom stereocenters. The second-order valence-corrected chi connectivity index (χ2v) is 5.83. The lowest BCUT2D eigenvalue weighted by molar-refractivity contribution is -0.139. The molecular formula is C14H26N2O2. The number of amides is 1. The average Bonchev–Trinajstić information content (AvgIpc) is 2.38. The van der Waals surface area contributed by atoms with Gasteiger partial charge in [0.15, 0.2) is 0 Å². The number of rotatable bonds is 3. The lowest BCUT2D eigenvalue weighted by atomic mass is 9.90. The molecule has 1 saturated carbocycles. The largest absolute Gasteiger partial charge is 0.375 e. The van der Waals surface area contributed by atoms with Gasteiger partial charge in [-0.1, -0.05) is 12.8 Å². The summed E-state index contributed by atoms with van der Waals surface area (Å²) >= 11 is 0. The molecule has 1 aliphatic carbocycles. The third-order valence-electron chi connectivity index (χ3n) is 4.35. The summed E-state index contributed by atoms with van der Waals surface area (Å²) in [6.45, 7) is 6.35. The van der Waals surface area contributed by atoms with E-state index in [0.29, 0.717) is 18.7 Å². The molecule has 1 amide bonds. The first-order chi connectivity index (χ1) is 8.59. The maximum atomic E-state index is 12.2. The number of carbonyl (C=O) groups excluding carboxylic acids is 1. The number of hydrogen-bond acceptors (Lipinski definition) is 3. The molecular weight excluding hydrogens is 228 g/mol. The molecule has 0 aromatic carbocycles. The van der Waals surface area contributed by atoms with Crippen molar-refractivity contribution in [3.8, 4) is 0 Å². The highest BCUT2D eigenvalue weighted by Crippen LogP contribution is 2.28. The van der Waals surface area contributed by atoms with Crippen LogP contribution in [0.5, 0.6) is 0 Å². The van der Waals surface area contributed by atoms with Crippen LogP contribution in [0.4, 0.5) is 0 Å². The van der Waals surface area contributed by atoms with Gasteiger partial charge >= 0.3 is 0 Å². The Morgan fingerprint density at radius 3 is 2.83 bits per heavy atom. The van der Waals surface area contributed by atoms with E-state index >= 15 is 0 Å². The van der Waals surface area contributed by atoms with Crippen molar-refractivity contribution in [2.75, 3.05) is 26.7 Å². The van der Waals surface area contributed by atoms with E-state index in [2.05, 4.69) is 18.7 Å². The molecule has 0 bridgehead atoms. The molecule has 1 aliphatic heterocycles. The third-order valence-corrected chi connectivity index (χ3v) is 4.35. The Bertz CT molecular complexity index is 292. The second-order valence-electron chi connectivity index (χ2n) is 5.83. The van der Waals surface area contributed by atoms with Crippen molar-refractivity contribution in [1.82, 2.24) is 9.80 Å². The van der Waals surface area contributed by atoms with E-state index in [-0.39, 0.29) is 11.9 Å². The van der Waals surface area contributed by atoms with Crippen LogP contribution in [0.15, 0.2) is 0 Å². The summed E-state index contributed by atoms with van der Waals surface area (Å²) in [7, 11) is 1.89. The second kappa shape index (κ2) is 6.02. The van der Waals surface area contributed by atoms with Crippen molar-refractivity contribution in [3.05, 3.63) is 0 Å². The highest BCUT2D eigenvalue weighted by atomic mass is 16.5. The molecule has 0 aromatic rings. The predicted molar refractivity (Wildman–Crippen MR) is 71.5 cm³/mol. The van der Waals surface area contributed by atoms with Crippen LogP contribution >= 0.6 is 0 Å². The molecule has 1 saturated heterocycles. The summed E-state index contributed by atoms with van der Waals surface area (Å²) in [6.07, 6.45) is 5.26. The van der Waals surface area contributed by atoms with Crippen LogP contribution in [-0.2, 0) is 9.53 Å². The summed E-state index contributed by atoms with van der Waals surface area (Å²) in [4.78, 5) is 16.4.